The van der Waals surface area contributed by atoms with Crippen molar-refractivity contribution in [3.05, 3.63) is 22.4 Å². The van der Waals surface area contributed by atoms with Crippen LogP contribution in [0.4, 0.5) is 4.79 Å². The van der Waals surface area contributed by atoms with Crippen LogP contribution in [-0.2, 0) is 4.74 Å². The van der Waals surface area contributed by atoms with Crippen LogP contribution < -0.4 is 10.6 Å². The Balaban J connectivity index is 1.61. The lowest BCUT2D eigenvalue weighted by Crippen LogP contribution is -2.44. The van der Waals surface area contributed by atoms with E-state index in [0.29, 0.717) is 26.2 Å². The number of carbonyl (C=O) groups is 1. The van der Waals surface area contributed by atoms with Crippen molar-refractivity contribution >= 4 is 17.4 Å². The molecule has 0 saturated carbocycles. The van der Waals surface area contributed by atoms with Crippen molar-refractivity contribution in [1.29, 1.82) is 0 Å². The van der Waals surface area contributed by atoms with Crippen LogP contribution >= 0.6 is 11.3 Å². The van der Waals surface area contributed by atoms with E-state index < -0.39 is 6.10 Å². The first-order valence-electron chi connectivity index (χ1n) is 6.58. The van der Waals surface area contributed by atoms with Gasteiger partial charge in [-0.3, -0.25) is 0 Å². The minimum absolute atomic E-state index is 0.163. The maximum absolute atomic E-state index is 11.6. The van der Waals surface area contributed by atoms with Crippen molar-refractivity contribution in [3.63, 3.8) is 0 Å². The van der Waals surface area contributed by atoms with Crippen LogP contribution in [0.5, 0.6) is 0 Å². The molecule has 0 unspecified atom stereocenters. The van der Waals surface area contributed by atoms with Crippen molar-refractivity contribution in [1.82, 2.24) is 10.6 Å². The van der Waals surface area contributed by atoms with Gasteiger partial charge in [-0.2, -0.15) is 11.3 Å². The smallest absolute Gasteiger partial charge is 0.315 e. The summed E-state index contributed by atoms with van der Waals surface area (Å²) in [6.45, 7) is 1.88. The van der Waals surface area contributed by atoms with Gasteiger partial charge in [-0.15, -0.1) is 0 Å². The van der Waals surface area contributed by atoms with E-state index in [0.717, 1.165) is 18.4 Å². The molecule has 1 fully saturated rings. The number of hydrogen-bond acceptors (Lipinski definition) is 4. The molecule has 106 valence electrons. The molecule has 6 heteroatoms. The molecule has 1 saturated heterocycles. The summed E-state index contributed by atoms with van der Waals surface area (Å²) in [6, 6.07) is 1.94. The van der Waals surface area contributed by atoms with Gasteiger partial charge in [0.15, 0.2) is 0 Å². The van der Waals surface area contributed by atoms with Gasteiger partial charge in [0.1, 0.15) is 0 Å². The number of rotatable bonds is 5. The minimum Gasteiger partial charge on any atom is -0.388 e. The zero-order valence-electron chi connectivity index (χ0n) is 10.8. The van der Waals surface area contributed by atoms with Gasteiger partial charge in [0.05, 0.1) is 6.10 Å². The number of carbonyl (C=O) groups excluding carboxylic acids is 1. The van der Waals surface area contributed by atoms with Crippen LogP contribution in [0, 0.1) is 0 Å². The van der Waals surface area contributed by atoms with Gasteiger partial charge in [0.2, 0.25) is 0 Å². The van der Waals surface area contributed by atoms with E-state index in [4.69, 9.17) is 4.74 Å². The Bertz CT molecular complexity index is 377. The Kier molecular flexibility index (Phi) is 5.62. The van der Waals surface area contributed by atoms with Crippen molar-refractivity contribution in [3.8, 4) is 0 Å². The van der Waals surface area contributed by atoms with Gasteiger partial charge in [-0.25, -0.2) is 4.79 Å². The SMILES string of the molecule is O=C(NCC[C@H](O)c1ccsc1)NC1CCOCC1. The zero-order chi connectivity index (χ0) is 13.5. The first-order chi connectivity index (χ1) is 9.25. The highest BCUT2D eigenvalue weighted by atomic mass is 32.1. The van der Waals surface area contributed by atoms with Crippen LogP contribution in [0.3, 0.4) is 0 Å². The van der Waals surface area contributed by atoms with E-state index in [1.807, 2.05) is 16.8 Å². The molecular formula is C13H20N2O3S. The third kappa shape index (κ3) is 4.81. The predicted octanol–water partition coefficient (Wildman–Crippen LogP) is 1.65. The van der Waals surface area contributed by atoms with E-state index in [2.05, 4.69) is 10.6 Å². The highest BCUT2D eigenvalue weighted by molar-refractivity contribution is 7.07. The van der Waals surface area contributed by atoms with Gasteiger partial charge >= 0.3 is 6.03 Å². The Hall–Kier alpha value is -1.11. The molecule has 2 amide bonds. The van der Waals surface area contributed by atoms with Crippen molar-refractivity contribution < 1.29 is 14.6 Å². The molecule has 3 N–H and O–H groups in total. The van der Waals surface area contributed by atoms with Crippen molar-refractivity contribution in [2.24, 2.45) is 0 Å². The van der Waals surface area contributed by atoms with Gasteiger partial charge in [0.25, 0.3) is 0 Å². The summed E-state index contributed by atoms with van der Waals surface area (Å²) in [4.78, 5) is 11.6. The number of amides is 2. The summed E-state index contributed by atoms with van der Waals surface area (Å²) in [5, 5.41) is 19.4. The number of aliphatic hydroxyl groups is 1. The molecule has 0 radical (unpaired) electrons. The largest absolute Gasteiger partial charge is 0.388 e. The number of urea groups is 1. The molecule has 1 aromatic heterocycles. The number of hydrogen-bond donors (Lipinski definition) is 3. The van der Waals surface area contributed by atoms with Crippen LogP contribution in [-0.4, -0.2) is 36.9 Å². The molecule has 0 aromatic carbocycles. The molecule has 1 aromatic rings. The van der Waals surface area contributed by atoms with E-state index >= 15 is 0 Å². The van der Waals surface area contributed by atoms with E-state index in [-0.39, 0.29) is 12.1 Å². The quantitative estimate of drug-likeness (QED) is 0.770. The van der Waals surface area contributed by atoms with Crippen LogP contribution in [0.2, 0.25) is 0 Å². The van der Waals surface area contributed by atoms with E-state index in [1.165, 1.54) is 0 Å². The highest BCUT2D eigenvalue weighted by Crippen LogP contribution is 2.18. The van der Waals surface area contributed by atoms with Gasteiger partial charge in [-0.05, 0) is 41.7 Å². The fraction of sp³-hybridized carbons (Fsp3) is 0.615. The van der Waals surface area contributed by atoms with Crippen LogP contribution in [0.25, 0.3) is 0 Å². The molecule has 1 atom stereocenters. The Labute approximate surface area is 117 Å². The second-order valence-electron chi connectivity index (χ2n) is 4.65. The first kappa shape index (κ1) is 14.3. The maximum atomic E-state index is 11.6. The Morgan fingerprint density at radius 2 is 2.32 bits per heavy atom. The second kappa shape index (κ2) is 7.47. The second-order valence-corrected chi connectivity index (χ2v) is 5.43. The third-order valence-corrected chi connectivity index (χ3v) is 3.89. The number of ether oxygens (including phenoxy) is 1. The molecule has 1 aliphatic rings. The summed E-state index contributed by atoms with van der Waals surface area (Å²) in [5.74, 6) is 0. The summed E-state index contributed by atoms with van der Waals surface area (Å²) < 4.78 is 5.23. The first-order valence-corrected chi connectivity index (χ1v) is 7.52. The van der Waals surface area contributed by atoms with Crippen molar-refractivity contribution in [2.45, 2.75) is 31.4 Å². The van der Waals surface area contributed by atoms with E-state index in [9.17, 15) is 9.90 Å². The summed E-state index contributed by atoms with van der Waals surface area (Å²) in [5.41, 5.74) is 0.914. The molecular weight excluding hydrogens is 264 g/mol. The highest BCUT2D eigenvalue weighted by Gasteiger charge is 2.16. The monoisotopic (exact) mass is 284 g/mol. The molecule has 1 aliphatic heterocycles. The van der Waals surface area contributed by atoms with Gasteiger partial charge < -0.3 is 20.5 Å². The number of aliphatic hydroxyl groups excluding tert-OH is 1. The zero-order valence-corrected chi connectivity index (χ0v) is 11.6. The standard InChI is InChI=1S/C13H20N2O3S/c16-12(10-4-8-19-9-10)1-5-14-13(17)15-11-2-6-18-7-3-11/h4,8-9,11-12,16H,1-3,5-7H2,(H2,14,15,17)/t12-/m0/s1. The lowest BCUT2D eigenvalue weighted by molar-refractivity contribution is 0.0800. The molecule has 0 aliphatic carbocycles. The molecule has 2 heterocycles. The van der Waals surface area contributed by atoms with E-state index in [1.54, 1.807) is 11.3 Å². The Morgan fingerprint density at radius 3 is 3.00 bits per heavy atom. The fourth-order valence-corrected chi connectivity index (χ4v) is 2.74. The topological polar surface area (TPSA) is 70.6 Å². The summed E-state index contributed by atoms with van der Waals surface area (Å²) in [6.07, 6.45) is 1.75. The lowest BCUT2D eigenvalue weighted by Gasteiger charge is -2.23. The predicted molar refractivity (Wildman–Crippen MR) is 74.3 cm³/mol. The molecule has 19 heavy (non-hydrogen) atoms. The minimum atomic E-state index is -0.505. The summed E-state index contributed by atoms with van der Waals surface area (Å²) >= 11 is 1.56. The molecule has 0 spiro atoms. The molecule has 5 nitrogen and oxygen atoms in total. The average Bonchev–Trinajstić information content (AvgIpc) is 2.93. The maximum Gasteiger partial charge on any atom is 0.315 e. The Morgan fingerprint density at radius 1 is 1.53 bits per heavy atom. The number of thiophene rings is 1. The van der Waals surface area contributed by atoms with Crippen molar-refractivity contribution in [2.75, 3.05) is 19.8 Å². The number of nitrogens with one attached hydrogen (secondary N) is 2. The normalized spacial score (nSPS) is 17.9. The van der Waals surface area contributed by atoms with Gasteiger partial charge in [-0.1, -0.05) is 0 Å². The fourth-order valence-electron chi connectivity index (χ4n) is 2.03. The molecule has 2 rings (SSSR count). The summed E-state index contributed by atoms with van der Waals surface area (Å²) in [7, 11) is 0. The third-order valence-electron chi connectivity index (χ3n) is 3.19. The van der Waals surface area contributed by atoms with Crippen LogP contribution in [0.15, 0.2) is 16.8 Å². The average molecular weight is 284 g/mol. The van der Waals surface area contributed by atoms with Crippen LogP contribution in [0.1, 0.15) is 30.9 Å². The van der Waals surface area contributed by atoms with Gasteiger partial charge in [0, 0.05) is 25.8 Å². The lowest BCUT2D eigenvalue weighted by atomic mass is 10.1. The molecule has 0 bridgehead atoms.